The van der Waals surface area contributed by atoms with Crippen LogP contribution in [0.2, 0.25) is 0 Å². The van der Waals surface area contributed by atoms with Gasteiger partial charge in [0.15, 0.2) is 0 Å². The lowest BCUT2D eigenvalue weighted by Gasteiger charge is -2.36. The van der Waals surface area contributed by atoms with Gasteiger partial charge in [-0.1, -0.05) is 6.07 Å². The Hall–Kier alpha value is -1.99. The van der Waals surface area contributed by atoms with E-state index in [1.807, 2.05) is 18.2 Å². The van der Waals surface area contributed by atoms with E-state index in [0.29, 0.717) is 37.5 Å². The van der Waals surface area contributed by atoms with Crippen LogP contribution in [0.25, 0.3) is 10.2 Å². The second-order valence-corrected chi connectivity index (χ2v) is 6.90. The highest BCUT2D eigenvalue weighted by Crippen LogP contribution is 2.34. The molecule has 1 fully saturated rings. The molecule has 1 aliphatic heterocycles. The van der Waals surface area contributed by atoms with E-state index >= 15 is 0 Å². The fraction of sp³-hybridized carbons (Fsp3) is 0.438. The van der Waals surface area contributed by atoms with Gasteiger partial charge < -0.3 is 15.2 Å². The molecular weight excluding hydrogens is 316 g/mol. The Balaban J connectivity index is 1.69. The van der Waals surface area contributed by atoms with Crippen LogP contribution >= 0.6 is 11.3 Å². The third-order valence-corrected chi connectivity index (χ3v) is 5.28. The Kier molecular flexibility index (Phi) is 4.58. The maximum Gasteiger partial charge on any atom is 0.303 e. The van der Waals surface area contributed by atoms with Crippen LogP contribution in [-0.4, -0.2) is 41.7 Å². The van der Waals surface area contributed by atoms with Crippen molar-refractivity contribution in [1.29, 1.82) is 0 Å². The number of carbonyl (C=O) groups excluding carboxylic acids is 1. The number of ether oxygens (including phenoxy) is 1. The van der Waals surface area contributed by atoms with Gasteiger partial charge in [0.25, 0.3) is 5.91 Å². The highest BCUT2D eigenvalue weighted by Gasteiger charge is 2.35. The van der Waals surface area contributed by atoms with Gasteiger partial charge in [0.05, 0.1) is 11.3 Å². The third kappa shape index (κ3) is 3.68. The summed E-state index contributed by atoms with van der Waals surface area (Å²) in [5, 5.41) is 13.0. The Bertz CT molecular complexity index is 689. The van der Waals surface area contributed by atoms with Crippen LogP contribution in [0.3, 0.4) is 0 Å². The molecule has 0 unspecified atom stereocenters. The molecule has 2 N–H and O–H groups in total. The van der Waals surface area contributed by atoms with E-state index in [1.54, 1.807) is 6.20 Å². The van der Waals surface area contributed by atoms with Crippen molar-refractivity contribution in [2.75, 3.05) is 19.8 Å². The summed E-state index contributed by atoms with van der Waals surface area (Å²) in [7, 11) is 0. The van der Waals surface area contributed by atoms with Crippen LogP contribution in [-0.2, 0) is 9.53 Å². The van der Waals surface area contributed by atoms with Crippen LogP contribution in [0.5, 0.6) is 0 Å². The molecule has 2 aromatic rings. The molecular formula is C16H18N2O4S. The molecule has 7 heteroatoms. The minimum absolute atomic E-state index is 0.0462. The van der Waals surface area contributed by atoms with Crippen LogP contribution in [0.4, 0.5) is 0 Å². The number of hydrogen-bond acceptors (Lipinski definition) is 5. The second kappa shape index (κ2) is 6.64. The van der Waals surface area contributed by atoms with Gasteiger partial charge in [0, 0.05) is 36.8 Å². The van der Waals surface area contributed by atoms with Crippen molar-refractivity contribution in [3.8, 4) is 0 Å². The first-order valence-corrected chi connectivity index (χ1v) is 8.32. The summed E-state index contributed by atoms with van der Waals surface area (Å²) in [5.41, 5.74) is -0.422. The highest BCUT2D eigenvalue weighted by atomic mass is 32.1. The molecule has 0 aliphatic carbocycles. The zero-order valence-corrected chi connectivity index (χ0v) is 13.4. The van der Waals surface area contributed by atoms with Crippen molar-refractivity contribution in [1.82, 2.24) is 10.3 Å². The Morgan fingerprint density at radius 1 is 1.39 bits per heavy atom. The molecule has 6 nitrogen and oxygen atoms in total. The smallest absolute Gasteiger partial charge is 0.303 e. The molecule has 0 aromatic carbocycles. The second-order valence-electron chi connectivity index (χ2n) is 5.87. The van der Waals surface area contributed by atoms with E-state index in [0.717, 1.165) is 10.2 Å². The largest absolute Gasteiger partial charge is 0.481 e. The minimum atomic E-state index is -0.841. The first kappa shape index (κ1) is 15.9. The molecule has 1 aliphatic rings. The number of amides is 1. The first-order chi connectivity index (χ1) is 11.1. The van der Waals surface area contributed by atoms with Crippen LogP contribution in [0.15, 0.2) is 24.4 Å². The lowest BCUT2D eigenvalue weighted by atomic mass is 9.77. The third-order valence-electron chi connectivity index (χ3n) is 4.22. The topological polar surface area (TPSA) is 88.5 Å². The predicted molar refractivity (Wildman–Crippen MR) is 86.7 cm³/mol. The average Bonchev–Trinajstić information content (AvgIpc) is 2.97. The summed E-state index contributed by atoms with van der Waals surface area (Å²) in [5.74, 6) is -1.02. The van der Waals surface area contributed by atoms with E-state index in [9.17, 15) is 9.59 Å². The number of fused-ring (bicyclic) bond motifs is 1. The summed E-state index contributed by atoms with van der Waals surface area (Å²) in [6.45, 7) is 1.43. The summed E-state index contributed by atoms with van der Waals surface area (Å²) in [4.78, 5) is 29.2. The molecule has 0 atom stereocenters. The summed E-state index contributed by atoms with van der Waals surface area (Å²) >= 11 is 1.34. The lowest BCUT2D eigenvalue weighted by Crippen LogP contribution is -2.42. The van der Waals surface area contributed by atoms with Crippen LogP contribution < -0.4 is 5.32 Å². The van der Waals surface area contributed by atoms with Crippen molar-refractivity contribution in [2.45, 2.75) is 19.3 Å². The van der Waals surface area contributed by atoms with Crippen molar-refractivity contribution >= 4 is 33.4 Å². The number of aliphatic carboxylic acids is 1. The van der Waals surface area contributed by atoms with E-state index in [1.165, 1.54) is 11.3 Å². The quantitative estimate of drug-likeness (QED) is 0.876. The molecule has 1 amide bonds. The number of aromatic nitrogens is 1. The van der Waals surface area contributed by atoms with Gasteiger partial charge in [-0.05, 0) is 25.0 Å². The van der Waals surface area contributed by atoms with Gasteiger partial charge in [-0.15, -0.1) is 11.3 Å². The van der Waals surface area contributed by atoms with Gasteiger partial charge in [-0.2, -0.15) is 0 Å². The summed E-state index contributed by atoms with van der Waals surface area (Å²) in [6, 6.07) is 5.57. The molecule has 1 saturated heterocycles. The zero-order valence-electron chi connectivity index (χ0n) is 12.6. The number of carboxylic acids is 1. The molecule has 122 valence electrons. The van der Waals surface area contributed by atoms with E-state index in [-0.39, 0.29) is 12.3 Å². The SMILES string of the molecule is O=C(O)CC1(CNC(=O)c2cc3cccnc3s2)CCOCC1. The highest BCUT2D eigenvalue weighted by molar-refractivity contribution is 7.20. The molecule has 0 bridgehead atoms. The monoisotopic (exact) mass is 334 g/mol. The Morgan fingerprint density at radius 3 is 2.87 bits per heavy atom. The number of hydrogen-bond donors (Lipinski definition) is 2. The van der Waals surface area contributed by atoms with Crippen LogP contribution in [0.1, 0.15) is 28.9 Å². The maximum absolute atomic E-state index is 12.4. The number of thiophene rings is 1. The Labute approximate surface area is 137 Å². The minimum Gasteiger partial charge on any atom is -0.481 e. The van der Waals surface area contributed by atoms with E-state index in [2.05, 4.69) is 10.3 Å². The number of rotatable bonds is 5. The molecule has 0 saturated carbocycles. The number of nitrogens with one attached hydrogen (secondary N) is 1. The number of carbonyl (C=O) groups is 2. The first-order valence-electron chi connectivity index (χ1n) is 7.50. The summed E-state index contributed by atoms with van der Waals surface area (Å²) < 4.78 is 5.33. The molecule has 0 radical (unpaired) electrons. The van der Waals surface area contributed by atoms with E-state index in [4.69, 9.17) is 9.84 Å². The van der Waals surface area contributed by atoms with Crippen molar-refractivity contribution in [3.05, 3.63) is 29.3 Å². The van der Waals surface area contributed by atoms with Crippen molar-refractivity contribution in [2.24, 2.45) is 5.41 Å². The average molecular weight is 334 g/mol. The van der Waals surface area contributed by atoms with Crippen LogP contribution in [0, 0.1) is 5.41 Å². The zero-order chi connectivity index (χ0) is 16.3. The van der Waals surface area contributed by atoms with Gasteiger partial charge >= 0.3 is 5.97 Å². The van der Waals surface area contributed by atoms with Gasteiger partial charge in [0.2, 0.25) is 0 Å². The molecule has 3 heterocycles. The maximum atomic E-state index is 12.4. The predicted octanol–water partition coefficient (Wildman–Crippen LogP) is 2.30. The molecule has 2 aromatic heterocycles. The van der Waals surface area contributed by atoms with Gasteiger partial charge in [-0.25, -0.2) is 4.98 Å². The van der Waals surface area contributed by atoms with Crippen molar-refractivity contribution < 1.29 is 19.4 Å². The van der Waals surface area contributed by atoms with Gasteiger partial charge in [-0.3, -0.25) is 9.59 Å². The lowest BCUT2D eigenvalue weighted by molar-refractivity contribution is -0.141. The molecule has 0 spiro atoms. The number of carboxylic acid groups (broad SMARTS) is 1. The molecule has 23 heavy (non-hydrogen) atoms. The fourth-order valence-corrected chi connectivity index (χ4v) is 3.80. The van der Waals surface area contributed by atoms with Gasteiger partial charge in [0.1, 0.15) is 4.83 Å². The Morgan fingerprint density at radius 2 is 2.17 bits per heavy atom. The van der Waals surface area contributed by atoms with E-state index < -0.39 is 11.4 Å². The number of pyridine rings is 1. The summed E-state index contributed by atoms with van der Waals surface area (Å²) in [6.07, 6.45) is 3.04. The molecule has 3 rings (SSSR count). The normalized spacial score (nSPS) is 17.0. The van der Waals surface area contributed by atoms with Crippen molar-refractivity contribution in [3.63, 3.8) is 0 Å². The standard InChI is InChI=1S/C16H18N2O4S/c19-13(20)9-16(3-6-22-7-4-16)10-18-14(21)12-8-11-2-1-5-17-15(11)23-12/h1-2,5,8H,3-4,6-7,9-10H2,(H,18,21)(H,19,20). The number of nitrogens with zero attached hydrogens (tertiary/aromatic N) is 1. The fourth-order valence-electron chi connectivity index (χ4n) is 2.88.